The number of aryl methyl sites for hydroxylation is 1. The zero-order valence-electron chi connectivity index (χ0n) is 14.8. The predicted octanol–water partition coefficient (Wildman–Crippen LogP) is 2.94. The Bertz CT molecular complexity index is 764. The van der Waals surface area contributed by atoms with Crippen LogP contribution in [0.4, 0.5) is 5.69 Å². The number of carbonyl (C=O) groups is 3. The van der Waals surface area contributed by atoms with Crippen molar-refractivity contribution in [1.82, 2.24) is 4.90 Å². The van der Waals surface area contributed by atoms with Crippen LogP contribution in [0, 0.1) is 18.8 Å². The Hall–Kier alpha value is -2.34. The summed E-state index contributed by atoms with van der Waals surface area (Å²) in [5.41, 5.74) is 1.32. The summed E-state index contributed by atoms with van der Waals surface area (Å²) < 4.78 is 5.23. The number of ether oxygens (including phenoxy) is 1. The van der Waals surface area contributed by atoms with Crippen LogP contribution < -0.4 is 10.1 Å². The normalized spacial score (nSPS) is 21.7. The molecule has 2 atom stereocenters. The van der Waals surface area contributed by atoms with Gasteiger partial charge in [-0.2, -0.15) is 0 Å². The van der Waals surface area contributed by atoms with Gasteiger partial charge in [-0.25, -0.2) is 0 Å². The summed E-state index contributed by atoms with van der Waals surface area (Å²) in [6.07, 6.45) is 5.11. The summed E-state index contributed by atoms with van der Waals surface area (Å²) in [5.74, 6) is -0.712. The SMILES string of the molecule is COc1cc(Cl)c(C)cc1NC(=O)CCN1C(=O)C2CC=CCC2C1=O. The lowest BCUT2D eigenvalue weighted by atomic mass is 9.85. The molecule has 0 spiro atoms. The number of nitrogens with one attached hydrogen (secondary N) is 1. The van der Waals surface area contributed by atoms with E-state index in [0.29, 0.717) is 29.3 Å². The third-order valence-corrected chi connectivity index (χ3v) is 5.32. The van der Waals surface area contributed by atoms with Crippen LogP contribution in [0.25, 0.3) is 0 Å². The first kappa shape index (κ1) is 18.5. The number of halogens is 1. The Balaban J connectivity index is 1.62. The van der Waals surface area contributed by atoms with E-state index in [1.54, 1.807) is 12.1 Å². The first-order valence-electron chi connectivity index (χ1n) is 8.56. The number of hydrogen-bond donors (Lipinski definition) is 1. The molecule has 1 saturated heterocycles. The van der Waals surface area contributed by atoms with Gasteiger partial charge >= 0.3 is 0 Å². The fourth-order valence-corrected chi connectivity index (χ4v) is 3.60. The van der Waals surface area contributed by atoms with Crippen LogP contribution in [0.5, 0.6) is 5.75 Å². The third kappa shape index (κ3) is 3.46. The second-order valence-electron chi connectivity index (χ2n) is 6.58. The zero-order valence-corrected chi connectivity index (χ0v) is 15.5. The lowest BCUT2D eigenvalue weighted by Gasteiger charge is -2.15. The first-order chi connectivity index (χ1) is 12.4. The number of likely N-dealkylation sites (tertiary alicyclic amines) is 1. The molecule has 2 unspecified atom stereocenters. The number of fused-ring (bicyclic) bond motifs is 1. The van der Waals surface area contributed by atoms with E-state index in [1.165, 1.54) is 12.0 Å². The second kappa shape index (κ2) is 7.50. The van der Waals surface area contributed by atoms with E-state index < -0.39 is 0 Å². The lowest BCUT2D eigenvalue weighted by molar-refractivity contribution is -0.140. The molecule has 7 heteroatoms. The largest absolute Gasteiger partial charge is 0.495 e. The van der Waals surface area contributed by atoms with E-state index in [1.807, 2.05) is 19.1 Å². The topological polar surface area (TPSA) is 75.7 Å². The summed E-state index contributed by atoms with van der Waals surface area (Å²) in [6, 6.07) is 3.36. The van der Waals surface area contributed by atoms with E-state index in [4.69, 9.17) is 16.3 Å². The number of benzene rings is 1. The minimum Gasteiger partial charge on any atom is -0.495 e. The molecule has 0 saturated carbocycles. The van der Waals surface area contributed by atoms with E-state index >= 15 is 0 Å². The van der Waals surface area contributed by atoms with Gasteiger partial charge in [-0.1, -0.05) is 23.8 Å². The molecule has 26 heavy (non-hydrogen) atoms. The average molecular weight is 377 g/mol. The molecule has 3 rings (SSSR count). The number of methoxy groups -OCH3 is 1. The zero-order chi connectivity index (χ0) is 18.8. The highest BCUT2D eigenvalue weighted by molar-refractivity contribution is 6.31. The predicted molar refractivity (Wildman–Crippen MR) is 98.1 cm³/mol. The van der Waals surface area contributed by atoms with Crippen molar-refractivity contribution in [3.05, 3.63) is 34.9 Å². The molecule has 1 aliphatic heterocycles. The Kier molecular flexibility index (Phi) is 5.32. The minimum atomic E-state index is -0.293. The monoisotopic (exact) mass is 376 g/mol. The number of allylic oxidation sites excluding steroid dienone is 2. The van der Waals surface area contributed by atoms with Crippen molar-refractivity contribution < 1.29 is 19.1 Å². The Morgan fingerprint density at radius 1 is 1.23 bits per heavy atom. The molecular weight excluding hydrogens is 356 g/mol. The van der Waals surface area contributed by atoms with Crippen molar-refractivity contribution in [3.8, 4) is 5.75 Å². The molecule has 1 aliphatic carbocycles. The van der Waals surface area contributed by atoms with Crippen molar-refractivity contribution >= 4 is 35.0 Å². The molecule has 3 amide bonds. The number of anilines is 1. The van der Waals surface area contributed by atoms with Crippen LogP contribution in [-0.2, 0) is 14.4 Å². The van der Waals surface area contributed by atoms with Crippen LogP contribution in [0.15, 0.2) is 24.3 Å². The van der Waals surface area contributed by atoms with Gasteiger partial charge in [0, 0.05) is 24.1 Å². The van der Waals surface area contributed by atoms with Crippen LogP contribution in [0.3, 0.4) is 0 Å². The van der Waals surface area contributed by atoms with Gasteiger partial charge in [0.05, 0.1) is 24.6 Å². The van der Waals surface area contributed by atoms with Gasteiger partial charge in [-0.15, -0.1) is 0 Å². The number of imide groups is 1. The standard InChI is InChI=1S/C19H21ClN2O4/c1-11-9-15(16(26-2)10-14(11)20)21-17(23)7-8-22-18(24)12-5-3-4-6-13(12)19(22)25/h3-4,9-10,12-13H,5-8H2,1-2H3,(H,21,23). The van der Waals surface area contributed by atoms with Gasteiger partial charge in [0.1, 0.15) is 5.75 Å². The van der Waals surface area contributed by atoms with Crippen molar-refractivity contribution in [2.75, 3.05) is 19.0 Å². The number of hydrogen-bond acceptors (Lipinski definition) is 4. The van der Waals surface area contributed by atoms with E-state index in [9.17, 15) is 14.4 Å². The average Bonchev–Trinajstić information content (AvgIpc) is 2.87. The van der Waals surface area contributed by atoms with Crippen molar-refractivity contribution in [2.45, 2.75) is 26.2 Å². The summed E-state index contributed by atoms with van der Waals surface area (Å²) in [6.45, 7) is 1.92. The van der Waals surface area contributed by atoms with Crippen LogP contribution in [-0.4, -0.2) is 36.3 Å². The van der Waals surface area contributed by atoms with Crippen LogP contribution in [0.1, 0.15) is 24.8 Å². The maximum absolute atomic E-state index is 12.4. The van der Waals surface area contributed by atoms with Gasteiger partial charge < -0.3 is 10.1 Å². The highest BCUT2D eigenvalue weighted by Crippen LogP contribution is 2.35. The van der Waals surface area contributed by atoms with Gasteiger partial charge in [0.2, 0.25) is 17.7 Å². The lowest BCUT2D eigenvalue weighted by Crippen LogP contribution is -2.34. The molecular formula is C19H21ClN2O4. The highest BCUT2D eigenvalue weighted by Gasteiger charge is 2.46. The summed E-state index contributed by atoms with van der Waals surface area (Å²) in [5, 5.41) is 3.31. The summed E-state index contributed by atoms with van der Waals surface area (Å²) in [4.78, 5) is 38.3. The fourth-order valence-electron chi connectivity index (χ4n) is 3.45. The summed E-state index contributed by atoms with van der Waals surface area (Å²) in [7, 11) is 1.49. The van der Waals surface area contributed by atoms with Gasteiger partial charge in [-0.3, -0.25) is 19.3 Å². The van der Waals surface area contributed by atoms with Crippen molar-refractivity contribution in [3.63, 3.8) is 0 Å². The van der Waals surface area contributed by atoms with E-state index in [2.05, 4.69) is 5.32 Å². The molecule has 1 heterocycles. The number of nitrogens with zero attached hydrogens (tertiary/aromatic N) is 1. The molecule has 1 aromatic rings. The molecule has 138 valence electrons. The third-order valence-electron chi connectivity index (χ3n) is 4.92. The molecule has 6 nitrogen and oxygen atoms in total. The van der Waals surface area contributed by atoms with E-state index in [0.717, 1.165) is 5.56 Å². The molecule has 0 bridgehead atoms. The van der Waals surface area contributed by atoms with Gasteiger partial charge in [-0.05, 0) is 31.4 Å². The van der Waals surface area contributed by atoms with Crippen molar-refractivity contribution in [2.24, 2.45) is 11.8 Å². The van der Waals surface area contributed by atoms with E-state index in [-0.39, 0.29) is 42.5 Å². The van der Waals surface area contributed by atoms with Gasteiger partial charge in [0.25, 0.3) is 0 Å². The maximum Gasteiger partial charge on any atom is 0.233 e. The minimum absolute atomic E-state index is 0.0369. The smallest absolute Gasteiger partial charge is 0.233 e. The highest BCUT2D eigenvalue weighted by atomic mass is 35.5. The Morgan fingerprint density at radius 3 is 2.42 bits per heavy atom. The number of amides is 3. The quantitative estimate of drug-likeness (QED) is 0.633. The number of rotatable bonds is 5. The maximum atomic E-state index is 12.4. The van der Waals surface area contributed by atoms with Crippen LogP contribution >= 0.6 is 11.6 Å². The number of carbonyl (C=O) groups excluding carboxylic acids is 3. The molecule has 2 aliphatic rings. The van der Waals surface area contributed by atoms with Crippen LogP contribution in [0.2, 0.25) is 5.02 Å². The first-order valence-corrected chi connectivity index (χ1v) is 8.94. The molecule has 0 aromatic heterocycles. The fraction of sp³-hybridized carbons (Fsp3) is 0.421. The Morgan fingerprint density at radius 2 is 1.85 bits per heavy atom. The molecule has 1 aromatic carbocycles. The molecule has 1 fully saturated rings. The molecule has 0 radical (unpaired) electrons. The second-order valence-corrected chi connectivity index (χ2v) is 6.99. The Labute approximate surface area is 157 Å². The van der Waals surface area contributed by atoms with Gasteiger partial charge in [0.15, 0.2) is 0 Å². The molecule has 1 N–H and O–H groups in total. The van der Waals surface area contributed by atoms with Crippen molar-refractivity contribution in [1.29, 1.82) is 0 Å². The summed E-state index contributed by atoms with van der Waals surface area (Å²) >= 11 is 6.06.